The van der Waals surface area contributed by atoms with Crippen molar-refractivity contribution in [3.8, 4) is 11.3 Å². The van der Waals surface area contributed by atoms with E-state index in [2.05, 4.69) is 24.8 Å². The molecule has 4 heterocycles. The van der Waals surface area contributed by atoms with Crippen molar-refractivity contribution in [1.82, 2.24) is 24.8 Å². The second-order valence-corrected chi connectivity index (χ2v) is 7.87. The lowest BCUT2D eigenvalue weighted by Crippen LogP contribution is -2.35. The zero-order chi connectivity index (χ0) is 21.8. The van der Waals surface area contributed by atoms with Gasteiger partial charge in [0, 0.05) is 60.4 Å². The first-order valence-electron chi connectivity index (χ1n) is 10.7. The molecule has 0 unspecified atom stereocenters. The molecule has 0 amide bonds. The Labute approximate surface area is 186 Å². The number of ketones is 1. The van der Waals surface area contributed by atoms with Crippen LogP contribution in [0.2, 0.25) is 0 Å². The molecule has 5 rings (SSSR count). The first-order chi connectivity index (χ1) is 15.7. The largest absolute Gasteiger partial charge is 0.379 e. The molecule has 0 radical (unpaired) electrons. The van der Waals surface area contributed by atoms with Crippen molar-refractivity contribution in [2.24, 2.45) is 0 Å². The predicted octanol–water partition coefficient (Wildman–Crippen LogP) is 3.34. The van der Waals surface area contributed by atoms with Gasteiger partial charge in [-0.3, -0.25) is 29.6 Å². The standard InChI is InChI=1S/C25H23N5O2/c31-25(19-3-1-18(2-4-19)17-30-7-9-32-10-8-30)13-22-12-20-11-21(14-29-24(20)16-28-22)23-15-26-5-6-27-23/h1-6,11-12,14-16H,7-10,13,17H2. The minimum Gasteiger partial charge on any atom is -0.379 e. The molecule has 7 heteroatoms. The van der Waals surface area contributed by atoms with Crippen LogP contribution in [0, 0.1) is 0 Å². The number of rotatable bonds is 6. The van der Waals surface area contributed by atoms with Crippen LogP contribution in [0.25, 0.3) is 22.2 Å². The van der Waals surface area contributed by atoms with Crippen LogP contribution in [0.15, 0.2) is 67.4 Å². The van der Waals surface area contributed by atoms with Crippen LogP contribution in [-0.2, 0) is 17.7 Å². The van der Waals surface area contributed by atoms with Crippen molar-refractivity contribution in [3.05, 3.63) is 84.2 Å². The van der Waals surface area contributed by atoms with Crippen molar-refractivity contribution >= 4 is 16.7 Å². The Kier molecular flexibility index (Phi) is 5.91. The molecule has 1 saturated heterocycles. The van der Waals surface area contributed by atoms with Crippen LogP contribution in [0.4, 0.5) is 0 Å². The van der Waals surface area contributed by atoms with Gasteiger partial charge in [0.25, 0.3) is 0 Å². The Morgan fingerprint density at radius 2 is 1.78 bits per heavy atom. The molecule has 0 bridgehead atoms. The number of carbonyl (C=O) groups excluding carboxylic acids is 1. The Morgan fingerprint density at radius 3 is 2.56 bits per heavy atom. The highest BCUT2D eigenvalue weighted by Gasteiger charge is 2.13. The summed E-state index contributed by atoms with van der Waals surface area (Å²) in [6.07, 6.45) is 8.72. The first-order valence-corrected chi connectivity index (χ1v) is 10.7. The second-order valence-electron chi connectivity index (χ2n) is 7.87. The SMILES string of the molecule is O=C(Cc1cc2cc(-c3cnccn3)cnc2cn1)c1ccc(CN2CCOCC2)cc1. The number of ether oxygens (including phenoxy) is 1. The second kappa shape index (κ2) is 9.30. The molecule has 32 heavy (non-hydrogen) atoms. The van der Waals surface area contributed by atoms with Crippen LogP contribution in [-0.4, -0.2) is 56.9 Å². The third-order valence-electron chi connectivity index (χ3n) is 5.61. The smallest absolute Gasteiger partial charge is 0.168 e. The average Bonchev–Trinajstić information content (AvgIpc) is 2.85. The highest BCUT2D eigenvalue weighted by atomic mass is 16.5. The minimum atomic E-state index is 0.0489. The third kappa shape index (κ3) is 4.69. The van der Waals surface area contributed by atoms with Crippen molar-refractivity contribution in [1.29, 1.82) is 0 Å². The van der Waals surface area contributed by atoms with Crippen molar-refractivity contribution in [3.63, 3.8) is 0 Å². The molecule has 1 aliphatic rings. The number of nitrogens with zero attached hydrogens (tertiary/aromatic N) is 5. The molecule has 7 nitrogen and oxygen atoms in total. The first kappa shape index (κ1) is 20.4. The van der Waals surface area contributed by atoms with Crippen molar-refractivity contribution < 1.29 is 9.53 Å². The molecule has 1 aliphatic heterocycles. The maximum atomic E-state index is 12.8. The maximum Gasteiger partial charge on any atom is 0.168 e. The molecule has 0 atom stereocenters. The number of benzene rings is 1. The molecule has 4 aromatic rings. The molecule has 1 aromatic carbocycles. The van der Waals surface area contributed by atoms with Crippen LogP contribution in [0.5, 0.6) is 0 Å². The summed E-state index contributed by atoms with van der Waals surface area (Å²) in [6, 6.07) is 11.8. The highest BCUT2D eigenvalue weighted by Crippen LogP contribution is 2.21. The van der Waals surface area contributed by atoms with Crippen molar-refractivity contribution in [2.75, 3.05) is 26.3 Å². The summed E-state index contributed by atoms with van der Waals surface area (Å²) in [6.45, 7) is 4.34. The van der Waals surface area contributed by atoms with Crippen LogP contribution >= 0.6 is 0 Å². The Morgan fingerprint density at radius 1 is 0.938 bits per heavy atom. The average molecular weight is 425 g/mol. The van der Waals surface area contributed by atoms with E-state index in [1.165, 1.54) is 5.56 Å². The third-order valence-corrected chi connectivity index (χ3v) is 5.61. The topological polar surface area (TPSA) is 81.1 Å². The fraction of sp³-hybridized carbons (Fsp3) is 0.240. The molecule has 1 fully saturated rings. The van der Waals surface area contributed by atoms with Gasteiger partial charge in [0.05, 0.1) is 43.2 Å². The molecular weight excluding hydrogens is 402 g/mol. The Bertz CT molecular complexity index is 1220. The van der Waals surface area contributed by atoms with E-state index in [-0.39, 0.29) is 12.2 Å². The van der Waals surface area contributed by atoms with Gasteiger partial charge < -0.3 is 4.74 Å². The minimum absolute atomic E-state index is 0.0489. The predicted molar refractivity (Wildman–Crippen MR) is 121 cm³/mol. The fourth-order valence-electron chi connectivity index (χ4n) is 3.84. The van der Waals surface area contributed by atoms with Gasteiger partial charge in [-0.2, -0.15) is 0 Å². The molecule has 160 valence electrons. The van der Waals surface area contributed by atoms with E-state index in [9.17, 15) is 4.79 Å². The van der Waals surface area contributed by atoms with Crippen LogP contribution in [0.3, 0.4) is 0 Å². The van der Waals surface area contributed by atoms with Gasteiger partial charge in [0.15, 0.2) is 5.78 Å². The van der Waals surface area contributed by atoms with E-state index in [4.69, 9.17) is 4.74 Å². The Hall–Kier alpha value is -3.55. The van der Waals surface area contributed by atoms with E-state index in [0.717, 1.165) is 60.7 Å². The molecule has 0 saturated carbocycles. The number of pyridine rings is 2. The lowest BCUT2D eigenvalue weighted by atomic mass is 10.0. The molecule has 0 spiro atoms. The summed E-state index contributed by atoms with van der Waals surface area (Å²) < 4.78 is 5.40. The van der Waals surface area contributed by atoms with Gasteiger partial charge >= 0.3 is 0 Å². The quantitative estimate of drug-likeness (QED) is 0.438. The van der Waals surface area contributed by atoms with Crippen LogP contribution in [0.1, 0.15) is 21.6 Å². The fourth-order valence-corrected chi connectivity index (χ4v) is 3.84. The zero-order valence-electron chi connectivity index (χ0n) is 17.6. The molecule has 3 aromatic heterocycles. The monoisotopic (exact) mass is 425 g/mol. The van der Waals surface area contributed by atoms with E-state index >= 15 is 0 Å². The molecule has 0 aliphatic carbocycles. The summed E-state index contributed by atoms with van der Waals surface area (Å²) >= 11 is 0. The number of aromatic nitrogens is 4. The van der Waals surface area contributed by atoms with Gasteiger partial charge in [-0.1, -0.05) is 24.3 Å². The number of Topliss-reactive ketones (excluding diaryl/α,β-unsaturated/α-hetero) is 1. The summed E-state index contributed by atoms with van der Waals surface area (Å²) in [4.78, 5) is 32.6. The van der Waals surface area contributed by atoms with Gasteiger partial charge in [-0.05, 0) is 17.7 Å². The normalized spacial score (nSPS) is 14.5. The lowest BCUT2D eigenvalue weighted by molar-refractivity contribution is 0.0342. The Balaban J connectivity index is 1.29. The summed E-state index contributed by atoms with van der Waals surface area (Å²) in [7, 11) is 0. The summed E-state index contributed by atoms with van der Waals surface area (Å²) in [5.74, 6) is 0.0489. The lowest BCUT2D eigenvalue weighted by Gasteiger charge is -2.26. The van der Waals surface area contributed by atoms with Crippen LogP contribution < -0.4 is 0 Å². The van der Waals surface area contributed by atoms with E-state index in [1.54, 1.807) is 31.0 Å². The number of carbonyl (C=O) groups is 1. The van der Waals surface area contributed by atoms with Gasteiger partial charge in [0.1, 0.15) is 0 Å². The summed E-state index contributed by atoms with van der Waals surface area (Å²) in [5.41, 5.74) is 5.04. The number of morpholine rings is 1. The molecule has 0 N–H and O–H groups in total. The summed E-state index contributed by atoms with van der Waals surface area (Å²) in [5, 5.41) is 0.923. The van der Waals surface area contributed by atoms with Gasteiger partial charge in [0.2, 0.25) is 0 Å². The van der Waals surface area contributed by atoms with E-state index < -0.39 is 0 Å². The molecular formula is C25H23N5O2. The number of hydrogen-bond acceptors (Lipinski definition) is 7. The van der Waals surface area contributed by atoms with E-state index in [1.807, 2.05) is 36.4 Å². The zero-order valence-corrected chi connectivity index (χ0v) is 17.6. The van der Waals surface area contributed by atoms with Gasteiger partial charge in [-0.15, -0.1) is 0 Å². The number of hydrogen-bond donors (Lipinski definition) is 0. The van der Waals surface area contributed by atoms with Crippen molar-refractivity contribution in [2.45, 2.75) is 13.0 Å². The van der Waals surface area contributed by atoms with Gasteiger partial charge in [-0.25, -0.2) is 0 Å². The van der Waals surface area contributed by atoms with E-state index in [0.29, 0.717) is 5.56 Å². The highest BCUT2D eigenvalue weighted by molar-refractivity contribution is 5.97. The maximum absolute atomic E-state index is 12.8. The number of fused-ring (bicyclic) bond motifs is 1.